The monoisotopic (exact) mass is 206 g/mol. The van der Waals surface area contributed by atoms with Crippen molar-refractivity contribution in [1.82, 2.24) is 5.06 Å². The van der Waals surface area contributed by atoms with Crippen molar-refractivity contribution < 1.29 is 9.63 Å². The normalized spacial score (nSPS) is 15.4. The Labute approximate surface area is 88.8 Å². The molecule has 4 nitrogen and oxygen atoms in total. The molecule has 0 atom stereocenters. The topological polar surface area (TPSA) is 41.6 Å². The molecule has 4 heteroatoms. The van der Waals surface area contributed by atoms with Crippen LogP contribution in [0.15, 0.2) is 24.3 Å². The summed E-state index contributed by atoms with van der Waals surface area (Å²) in [6, 6.07) is 7.48. The van der Waals surface area contributed by atoms with Gasteiger partial charge in [-0.05, 0) is 25.5 Å². The minimum atomic E-state index is -0.198. The van der Waals surface area contributed by atoms with Crippen molar-refractivity contribution in [1.29, 1.82) is 0 Å². The molecule has 2 amide bonds. The van der Waals surface area contributed by atoms with Crippen molar-refractivity contribution in [2.45, 2.75) is 13.3 Å². The number of carbonyl (C=O) groups is 1. The Morgan fingerprint density at radius 1 is 1.40 bits per heavy atom. The quantitative estimate of drug-likeness (QED) is 0.765. The summed E-state index contributed by atoms with van der Waals surface area (Å²) in [5.41, 5.74) is 1.96. The van der Waals surface area contributed by atoms with Crippen LogP contribution < -0.4 is 5.32 Å². The third-order valence-electron chi connectivity index (χ3n) is 2.28. The van der Waals surface area contributed by atoms with Crippen LogP contribution in [0.3, 0.4) is 0 Å². The first-order valence-corrected chi connectivity index (χ1v) is 5.04. The van der Waals surface area contributed by atoms with Gasteiger partial charge in [-0.15, -0.1) is 0 Å². The van der Waals surface area contributed by atoms with E-state index in [1.807, 2.05) is 31.2 Å². The van der Waals surface area contributed by atoms with Gasteiger partial charge >= 0.3 is 6.03 Å². The average Bonchev–Trinajstić information content (AvgIpc) is 2.74. The van der Waals surface area contributed by atoms with E-state index in [0.29, 0.717) is 13.2 Å². The van der Waals surface area contributed by atoms with Crippen LogP contribution in [-0.4, -0.2) is 24.2 Å². The van der Waals surface area contributed by atoms with Gasteiger partial charge in [0.15, 0.2) is 0 Å². The lowest BCUT2D eigenvalue weighted by Crippen LogP contribution is -2.31. The molecule has 0 aromatic heterocycles. The number of hydrogen-bond acceptors (Lipinski definition) is 2. The lowest BCUT2D eigenvalue weighted by atomic mass is 10.2. The first kappa shape index (κ1) is 9.98. The summed E-state index contributed by atoms with van der Waals surface area (Å²) in [5.74, 6) is 0. The fourth-order valence-corrected chi connectivity index (χ4v) is 1.43. The molecule has 0 saturated carbocycles. The van der Waals surface area contributed by atoms with Crippen LogP contribution in [0, 0.1) is 6.92 Å². The van der Waals surface area contributed by atoms with Crippen molar-refractivity contribution in [3.63, 3.8) is 0 Å². The fourth-order valence-electron chi connectivity index (χ4n) is 1.43. The standard InChI is InChI=1S/C11H14N2O2/c1-9-3-5-10(6-4-9)12-11(14)13-7-2-8-15-13/h3-6H,2,7-8H2,1H3,(H,12,14). The molecule has 2 rings (SSSR count). The number of urea groups is 1. The Bertz CT molecular complexity index is 342. The highest BCUT2D eigenvalue weighted by Crippen LogP contribution is 2.11. The number of amides is 2. The summed E-state index contributed by atoms with van der Waals surface area (Å²) in [6.45, 7) is 3.30. The fraction of sp³-hybridized carbons (Fsp3) is 0.364. The molecule has 1 aromatic rings. The van der Waals surface area contributed by atoms with Crippen LogP contribution in [0.25, 0.3) is 0 Å². The van der Waals surface area contributed by atoms with Crippen molar-refractivity contribution in [2.24, 2.45) is 0 Å². The molecule has 0 aliphatic carbocycles. The molecular formula is C11H14N2O2. The molecule has 15 heavy (non-hydrogen) atoms. The molecule has 0 spiro atoms. The highest BCUT2D eigenvalue weighted by atomic mass is 16.7. The van der Waals surface area contributed by atoms with Gasteiger partial charge in [-0.3, -0.25) is 4.84 Å². The van der Waals surface area contributed by atoms with Gasteiger partial charge in [-0.2, -0.15) is 0 Å². The molecule has 1 aliphatic rings. The third kappa shape index (κ3) is 2.47. The van der Waals surface area contributed by atoms with E-state index in [-0.39, 0.29) is 6.03 Å². The predicted molar refractivity (Wildman–Crippen MR) is 57.5 cm³/mol. The second-order valence-corrected chi connectivity index (χ2v) is 3.59. The van der Waals surface area contributed by atoms with E-state index in [9.17, 15) is 4.79 Å². The number of rotatable bonds is 1. The zero-order valence-electron chi connectivity index (χ0n) is 8.69. The number of aryl methyl sites for hydroxylation is 1. The number of carbonyl (C=O) groups excluding carboxylic acids is 1. The predicted octanol–water partition coefficient (Wildman–Crippen LogP) is 2.16. The summed E-state index contributed by atoms with van der Waals surface area (Å²) >= 11 is 0. The van der Waals surface area contributed by atoms with Gasteiger partial charge in [-0.25, -0.2) is 9.86 Å². The largest absolute Gasteiger partial charge is 0.345 e. The van der Waals surface area contributed by atoms with E-state index in [2.05, 4.69) is 5.32 Å². The molecule has 1 N–H and O–H groups in total. The second kappa shape index (κ2) is 4.31. The van der Waals surface area contributed by atoms with Crippen LogP contribution in [0.4, 0.5) is 10.5 Å². The molecule has 1 saturated heterocycles. The van der Waals surface area contributed by atoms with Gasteiger partial charge in [0.2, 0.25) is 0 Å². The Kier molecular flexibility index (Phi) is 2.87. The molecular weight excluding hydrogens is 192 g/mol. The zero-order chi connectivity index (χ0) is 10.7. The molecule has 1 aromatic carbocycles. The van der Waals surface area contributed by atoms with Gasteiger partial charge in [0.05, 0.1) is 13.2 Å². The van der Waals surface area contributed by atoms with Gasteiger partial charge < -0.3 is 5.32 Å². The number of benzene rings is 1. The molecule has 0 unspecified atom stereocenters. The van der Waals surface area contributed by atoms with Gasteiger partial charge in [-0.1, -0.05) is 17.7 Å². The van der Waals surface area contributed by atoms with E-state index < -0.39 is 0 Å². The maximum absolute atomic E-state index is 11.6. The zero-order valence-corrected chi connectivity index (χ0v) is 8.69. The van der Waals surface area contributed by atoms with Gasteiger partial charge in [0, 0.05) is 5.69 Å². The van der Waals surface area contributed by atoms with Crippen molar-refractivity contribution in [2.75, 3.05) is 18.5 Å². The third-order valence-corrected chi connectivity index (χ3v) is 2.28. The molecule has 1 aliphatic heterocycles. The van der Waals surface area contributed by atoms with E-state index in [1.165, 1.54) is 10.6 Å². The first-order chi connectivity index (χ1) is 7.25. The maximum atomic E-state index is 11.6. The summed E-state index contributed by atoms with van der Waals surface area (Å²) in [6.07, 6.45) is 0.904. The number of hydrogen-bond donors (Lipinski definition) is 1. The number of nitrogens with one attached hydrogen (secondary N) is 1. The van der Waals surface area contributed by atoms with E-state index >= 15 is 0 Å². The Balaban J connectivity index is 1.96. The average molecular weight is 206 g/mol. The molecule has 0 radical (unpaired) electrons. The number of nitrogens with zero attached hydrogens (tertiary/aromatic N) is 1. The summed E-state index contributed by atoms with van der Waals surface area (Å²) in [5, 5.41) is 4.13. The SMILES string of the molecule is Cc1ccc(NC(=O)N2CCCO2)cc1. The van der Waals surface area contributed by atoms with Gasteiger partial charge in [0.25, 0.3) is 0 Å². The highest BCUT2D eigenvalue weighted by molar-refractivity contribution is 5.88. The number of anilines is 1. The molecule has 1 heterocycles. The van der Waals surface area contributed by atoms with Crippen LogP contribution in [0.1, 0.15) is 12.0 Å². The smallest absolute Gasteiger partial charge is 0.306 e. The number of hydroxylamine groups is 2. The Morgan fingerprint density at radius 3 is 2.73 bits per heavy atom. The van der Waals surface area contributed by atoms with Crippen molar-refractivity contribution in [3.05, 3.63) is 29.8 Å². The van der Waals surface area contributed by atoms with Crippen LogP contribution in [-0.2, 0) is 4.84 Å². The minimum Gasteiger partial charge on any atom is -0.306 e. The highest BCUT2D eigenvalue weighted by Gasteiger charge is 2.18. The van der Waals surface area contributed by atoms with E-state index in [1.54, 1.807) is 0 Å². The Morgan fingerprint density at radius 2 is 2.13 bits per heavy atom. The van der Waals surface area contributed by atoms with Crippen LogP contribution in [0.5, 0.6) is 0 Å². The molecule has 1 fully saturated rings. The first-order valence-electron chi connectivity index (χ1n) is 5.04. The molecule has 80 valence electrons. The minimum absolute atomic E-state index is 0.198. The van der Waals surface area contributed by atoms with Crippen molar-refractivity contribution in [3.8, 4) is 0 Å². The van der Waals surface area contributed by atoms with E-state index in [4.69, 9.17) is 4.84 Å². The molecule has 0 bridgehead atoms. The maximum Gasteiger partial charge on any atom is 0.345 e. The van der Waals surface area contributed by atoms with Crippen LogP contribution >= 0.6 is 0 Å². The Hall–Kier alpha value is -1.55. The van der Waals surface area contributed by atoms with Gasteiger partial charge in [0.1, 0.15) is 0 Å². The summed E-state index contributed by atoms with van der Waals surface area (Å²) in [4.78, 5) is 16.7. The summed E-state index contributed by atoms with van der Waals surface area (Å²) < 4.78 is 0. The summed E-state index contributed by atoms with van der Waals surface area (Å²) in [7, 11) is 0. The lowest BCUT2D eigenvalue weighted by molar-refractivity contribution is -0.0614. The van der Waals surface area contributed by atoms with Crippen LogP contribution in [0.2, 0.25) is 0 Å². The lowest BCUT2D eigenvalue weighted by Gasteiger charge is -2.14. The van der Waals surface area contributed by atoms with E-state index in [0.717, 1.165) is 12.1 Å². The van der Waals surface area contributed by atoms with Crippen molar-refractivity contribution >= 4 is 11.7 Å². The second-order valence-electron chi connectivity index (χ2n) is 3.59.